The normalized spacial score (nSPS) is 12.8. The van der Waals surface area contributed by atoms with Crippen molar-refractivity contribution < 1.29 is 52.5 Å². The fourth-order valence-electron chi connectivity index (χ4n) is 6.05. The Kier molecular flexibility index (Phi) is 16.6. The number of carbonyl (C=O) groups is 6. The van der Waals surface area contributed by atoms with Crippen LogP contribution in [0.2, 0.25) is 0 Å². The molecule has 4 N–H and O–H groups in total. The molecule has 0 radical (unpaired) electrons. The number of benzene rings is 4. The van der Waals surface area contributed by atoms with Gasteiger partial charge in [0, 0.05) is 36.7 Å². The molecule has 0 saturated heterocycles. The quantitative estimate of drug-likeness (QED) is 0.0662. The number of amides is 4. The van der Waals surface area contributed by atoms with Crippen LogP contribution in [0.5, 0.6) is 11.5 Å². The summed E-state index contributed by atoms with van der Waals surface area (Å²) in [6.45, 7) is 9.96. The topological polar surface area (TPSA) is 197 Å². The zero-order valence-corrected chi connectivity index (χ0v) is 35.9. The molecule has 0 saturated carbocycles. The molecule has 0 heterocycles. The van der Waals surface area contributed by atoms with Crippen molar-refractivity contribution in [2.24, 2.45) is 0 Å². The Bertz CT molecular complexity index is 2140. The van der Waals surface area contributed by atoms with Crippen LogP contribution in [0.3, 0.4) is 0 Å². The zero-order valence-electron chi connectivity index (χ0n) is 35.9. The van der Waals surface area contributed by atoms with E-state index in [2.05, 4.69) is 21.3 Å². The first-order chi connectivity index (χ1) is 28.8. The molecular formula is C46H56N4O11. The maximum absolute atomic E-state index is 14.3. The van der Waals surface area contributed by atoms with E-state index in [1.807, 2.05) is 48.5 Å². The monoisotopic (exact) mass is 840 g/mol. The van der Waals surface area contributed by atoms with Gasteiger partial charge in [-0.25, -0.2) is 4.79 Å². The van der Waals surface area contributed by atoms with Crippen LogP contribution in [-0.4, -0.2) is 79.3 Å². The molecule has 15 nitrogen and oxygen atoms in total. The van der Waals surface area contributed by atoms with Gasteiger partial charge in [0.1, 0.15) is 47.4 Å². The minimum Gasteiger partial charge on any atom is -0.497 e. The van der Waals surface area contributed by atoms with Crippen molar-refractivity contribution in [3.8, 4) is 11.5 Å². The van der Waals surface area contributed by atoms with Gasteiger partial charge in [-0.1, -0.05) is 72.8 Å². The highest BCUT2D eigenvalue weighted by Crippen LogP contribution is 2.26. The van der Waals surface area contributed by atoms with Gasteiger partial charge in [-0.2, -0.15) is 0 Å². The third kappa shape index (κ3) is 16.1. The first kappa shape index (κ1) is 47.0. The fourth-order valence-corrected chi connectivity index (χ4v) is 6.05. The molecule has 0 aliphatic rings. The van der Waals surface area contributed by atoms with Crippen LogP contribution < -0.4 is 30.7 Å². The van der Waals surface area contributed by atoms with Crippen LogP contribution in [0.25, 0.3) is 10.8 Å². The lowest BCUT2D eigenvalue weighted by molar-refractivity contribution is -0.156. The van der Waals surface area contributed by atoms with Gasteiger partial charge >= 0.3 is 18.0 Å². The van der Waals surface area contributed by atoms with E-state index >= 15 is 0 Å². The van der Waals surface area contributed by atoms with Crippen molar-refractivity contribution in [1.82, 2.24) is 16.0 Å². The summed E-state index contributed by atoms with van der Waals surface area (Å²) in [5.74, 6) is -3.20. The van der Waals surface area contributed by atoms with Crippen molar-refractivity contribution in [3.63, 3.8) is 0 Å². The Morgan fingerprint density at radius 1 is 0.574 bits per heavy atom. The largest absolute Gasteiger partial charge is 0.497 e. The number of alkyl carbamates (subject to hydrolysis) is 1. The Morgan fingerprint density at radius 3 is 1.77 bits per heavy atom. The van der Waals surface area contributed by atoms with Gasteiger partial charge in [0.25, 0.3) is 0 Å². The highest BCUT2D eigenvalue weighted by atomic mass is 16.6. The third-order valence-corrected chi connectivity index (χ3v) is 8.81. The number of ether oxygens (including phenoxy) is 5. The zero-order chi connectivity index (χ0) is 44.7. The molecule has 4 amide bonds. The number of fused-ring (bicyclic) bond motifs is 1. The molecule has 0 aliphatic carbocycles. The van der Waals surface area contributed by atoms with Crippen molar-refractivity contribution in [2.45, 2.75) is 103 Å². The molecule has 61 heavy (non-hydrogen) atoms. The number of carbonyl (C=O) groups excluding carboxylic acids is 6. The van der Waals surface area contributed by atoms with E-state index in [4.69, 9.17) is 23.7 Å². The summed E-state index contributed by atoms with van der Waals surface area (Å²) in [4.78, 5) is 81.6. The molecule has 15 heteroatoms. The van der Waals surface area contributed by atoms with Crippen LogP contribution in [0.1, 0.15) is 71.9 Å². The molecule has 0 spiro atoms. The molecule has 0 aliphatic heterocycles. The number of anilines is 1. The summed E-state index contributed by atoms with van der Waals surface area (Å²) in [5, 5.41) is 12.4. The van der Waals surface area contributed by atoms with Crippen LogP contribution in [0, 0.1) is 0 Å². The van der Waals surface area contributed by atoms with E-state index in [-0.39, 0.29) is 31.6 Å². The Labute approximate surface area is 356 Å². The first-order valence-corrected chi connectivity index (χ1v) is 19.8. The van der Waals surface area contributed by atoms with Gasteiger partial charge in [-0.3, -0.25) is 24.0 Å². The molecule has 0 bridgehead atoms. The second-order valence-electron chi connectivity index (χ2n) is 16.3. The van der Waals surface area contributed by atoms with Gasteiger partial charge in [0.05, 0.1) is 20.6 Å². The molecule has 4 aromatic rings. The lowest BCUT2D eigenvalue weighted by Gasteiger charge is -2.26. The molecule has 4 aromatic carbocycles. The number of hydrogen-bond donors (Lipinski definition) is 4. The summed E-state index contributed by atoms with van der Waals surface area (Å²) in [6, 6.07) is 22.6. The van der Waals surface area contributed by atoms with Gasteiger partial charge < -0.3 is 45.0 Å². The van der Waals surface area contributed by atoms with Crippen LogP contribution in [0.4, 0.5) is 10.5 Å². The number of hydrogen-bond acceptors (Lipinski definition) is 11. The molecule has 3 atom stereocenters. The van der Waals surface area contributed by atoms with Gasteiger partial charge in [0.2, 0.25) is 17.7 Å². The third-order valence-electron chi connectivity index (χ3n) is 8.81. The second kappa shape index (κ2) is 21.6. The maximum Gasteiger partial charge on any atom is 0.408 e. The number of nitrogens with one attached hydrogen (secondary N) is 4. The highest BCUT2D eigenvalue weighted by Gasteiger charge is 2.33. The summed E-state index contributed by atoms with van der Waals surface area (Å²) < 4.78 is 27.0. The summed E-state index contributed by atoms with van der Waals surface area (Å²) in [5.41, 5.74) is -0.0958. The number of methoxy groups -OCH3 is 2. The van der Waals surface area contributed by atoms with E-state index in [9.17, 15) is 28.8 Å². The van der Waals surface area contributed by atoms with Crippen molar-refractivity contribution in [3.05, 3.63) is 102 Å². The molecule has 0 fully saturated rings. The molecule has 4 rings (SSSR count). The second-order valence-corrected chi connectivity index (χ2v) is 16.3. The van der Waals surface area contributed by atoms with Crippen LogP contribution in [0.15, 0.2) is 91.0 Å². The van der Waals surface area contributed by atoms with Gasteiger partial charge in [0.15, 0.2) is 0 Å². The smallest absolute Gasteiger partial charge is 0.408 e. The van der Waals surface area contributed by atoms with Gasteiger partial charge in [-0.05, 0) is 69.9 Å². The summed E-state index contributed by atoms with van der Waals surface area (Å²) in [6.07, 6.45) is -2.07. The molecule has 0 aromatic heterocycles. The number of rotatable bonds is 18. The van der Waals surface area contributed by atoms with Crippen LogP contribution >= 0.6 is 0 Å². The SMILES string of the molecule is COc1cc(NC(=O)[C@H](CCC(=O)OC(C)(C)C)NC(=O)[C@H](CC(=O)OC(C)(C)C)NC(=O)[C@H](Cc2ccc3ccccc3c2)NC(=O)OCc2ccccc2)cc(OC)c1. The predicted molar refractivity (Wildman–Crippen MR) is 229 cm³/mol. The Balaban J connectivity index is 1.64. The van der Waals surface area contributed by atoms with E-state index in [1.165, 1.54) is 26.4 Å². The molecular weight excluding hydrogens is 785 g/mol. The Hall–Kier alpha value is -6.64. The van der Waals surface area contributed by atoms with Crippen molar-refractivity contribution in [1.29, 1.82) is 0 Å². The minimum absolute atomic E-state index is 0.0250. The van der Waals surface area contributed by atoms with Crippen molar-refractivity contribution in [2.75, 3.05) is 19.5 Å². The van der Waals surface area contributed by atoms with E-state index in [1.54, 1.807) is 71.9 Å². The van der Waals surface area contributed by atoms with E-state index in [0.29, 0.717) is 17.1 Å². The van der Waals surface area contributed by atoms with E-state index in [0.717, 1.165) is 16.3 Å². The number of esters is 2. The summed E-state index contributed by atoms with van der Waals surface area (Å²) >= 11 is 0. The highest BCUT2D eigenvalue weighted by molar-refractivity contribution is 6.00. The van der Waals surface area contributed by atoms with Crippen molar-refractivity contribution >= 4 is 52.2 Å². The lowest BCUT2D eigenvalue weighted by atomic mass is 10.0. The Morgan fingerprint density at radius 2 is 1.15 bits per heavy atom. The molecule has 0 unspecified atom stereocenters. The standard InChI is InChI=1S/C46H56N4O11/c1-45(2,3)60-39(51)21-20-36(41(53)47-33-24-34(57-7)26-35(25-33)58-8)48-43(55)38(27-40(52)61-46(4,5)6)49-42(54)37(50-44(56)59-28-29-14-10-9-11-15-29)23-30-18-19-31-16-12-13-17-32(31)22-30/h9-19,22,24-26,36-38H,20-21,23,27-28H2,1-8H3,(H,47,53)(H,48,55)(H,49,54)(H,50,56)/t36-,37-,38-/m0/s1. The molecule has 326 valence electrons. The van der Waals surface area contributed by atoms with Crippen LogP contribution in [-0.2, 0) is 51.2 Å². The minimum atomic E-state index is -1.61. The average Bonchev–Trinajstić information content (AvgIpc) is 3.19. The predicted octanol–water partition coefficient (Wildman–Crippen LogP) is 6.16. The first-order valence-electron chi connectivity index (χ1n) is 19.8. The lowest BCUT2D eigenvalue weighted by Crippen LogP contribution is -2.57. The fraction of sp³-hybridized carbons (Fsp3) is 0.391. The van der Waals surface area contributed by atoms with Gasteiger partial charge in [-0.15, -0.1) is 0 Å². The van der Waals surface area contributed by atoms with E-state index < -0.39 is 71.5 Å². The average molecular weight is 841 g/mol. The summed E-state index contributed by atoms with van der Waals surface area (Å²) in [7, 11) is 2.89. The maximum atomic E-state index is 14.3.